The van der Waals surface area contributed by atoms with Crippen molar-refractivity contribution in [2.75, 3.05) is 20.1 Å². The predicted octanol–water partition coefficient (Wildman–Crippen LogP) is 1.10. The van der Waals surface area contributed by atoms with Gasteiger partial charge in [0.1, 0.15) is 0 Å². The number of piperidine rings is 1. The second kappa shape index (κ2) is 3.35. The van der Waals surface area contributed by atoms with Gasteiger partial charge in [0.05, 0.1) is 6.10 Å². The Balaban J connectivity index is 2.00. The maximum atomic E-state index is 9.80. The number of hydrogen-bond donors (Lipinski definition) is 1. The van der Waals surface area contributed by atoms with Gasteiger partial charge in [0.2, 0.25) is 0 Å². The average Bonchev–Trinajstić information content (AvgIpc) is 2.07. The Bertz CT molecular complexity index is 160. The van der Waals surface area contributed by atoms with E-state index in [4.69, 9.17) is 0 Å². The molecule has 0 spiro atoms. The molecule has 1 aliphatic heterocycles. The first-order valence-corrected chi connectivity index (χ1v) is 5.14. The zero-order valence-corrected chi connectivity index (χ0v) is 7.87. The van der Waals surface area contributed by atoms with Crippen LogP contribution in [0.15, 0.2) is 0 Å². The highest BCUT2D eigenvalue weighted by Gasteiger charge is 2.35. The number of nitrogens with zero attached hydrogens (tertiary/aromatic N) is 1. The van der Waals surface area contributed by atoms with Crippen molar-refractivity contribution in [1.29, 1.82) is 0 Å². The number of hydrogen-bond acceptors (Lipinski definition) is 2. The summed E-state index contributed by atoms with van der Waals surface area (Å²) in [5.41, 5.74) is 0. The summed E-state index contributed by atoms with van der Waals surface area (Å²) in [4.78, 5) is 2.36. The van der Waals surface area contributed by atoms with Crippen LogP contribution in [-0.4, -0.2) is 36.2 Å². The van der Waals surface area contributed by atoms with Crippen molar-refractivity contribution >= 4 is 0 Å². The molecule has 1 saturated heterocycles. The summed E-state index contributed by atoms with van der Waals surface area (Å²) < 4.78 is 0. The average molecular weight is 169 g/mol. The minimum atomic E-state index is -0.00787. The quantitative estimate of drug-likeness (QED) is 0.587. The van der Waals surface area contributed by atoms with Gasteiger partial charge in [-0.2, -0.15) is 0 Å². The second-order valence-corrected chi connectivity index (χ2v) is 4.47. The highest BCUT2D eigenvalue weighted by molar-refractivity contribution is 4.87. The number of aliphatic hydroxyl groups excluding tert-OH is 1. The highest BCUT2D eigenvalue weighted by Crippen LogP contribution is 2.35. The van der Waals surface area contributed by atoms with E-state index in [-0.39, 0.29) is 6.10 Å². The molecule has 2 heteroatoms. The van der Waals surface area contributed by atoms with Crippen LogP contribution < -0.4 is 0 Å². The van der Waals surface area contributed by atoms with E-state index in [9.17, 15) is 5.11 Å². The van der Waals surface area contributed by atoms with Crippen LogP contribution in [0.2, 0.25) is 0 Å². The fourth-order valence-corrected chi connectivity index (χ4v) is 2.80. The molecule has 0 aromatic heterocycles. The molecule has 70 valence electrons. The summed E-state index contributed by atoms with van der Waals surface area (Å²) in [7, 11) is 2.16. The zero-order valence-electron chi connectivity index (χ0n) is 7.87. The molecule has 2 rings (SSSR count). The number of fused-ring (bicyclic) bond motifs is 1. The van der Waals surface area contributed by atoms with Crippen molar-refractivity contribution < 1.29 is 5.11 Å². The van der Waals surface area contributed by atoms with Gasteiger partial charge < -0.3 is 10.0 Å². The van der Waals surface area contributed by atoms with Crippen LogP contribution in [0, 0.1) is 11.8 Å². The van der Waals surface area contributed by atoms with E-state index < -0.39 is 0 Å². The lowest BCUT2D eigenvalue weighted by atomic mass is 9.73. The smallest absolute Gasteiger partial charge is 0.0583 e. The summed E-state index contributed by atoms with van der Waals surface area (Å²) in [5.74, 6) is 1.41. The Kier molecular flexibility index (Phi) is 2.37. The molecule has 12 heavy (non-hydrogen) atoms. The summed E-state index contributed by atoms with van der Waals surface area (Å²) in [6.45, 7) is 2.35. The number of aliphatic hydroxyl groups is 1. The molecule has 0 aromatic carbocycles. The molecule has 0 aromatic rings. The third-order valence-electron chi connectivity index (χ3n) is 3.58. The summed E-state index contributed by atoms with van der Waals surface area (Å²) in [6, 6.07) is 0. The molecule has 2 aliphatic rings. The van der Waals surface area contributed by atoms with Gasteiger partial charge in [-0.25, -0.2) is 0 Å². The van der Waals surface area contributed by atoms with Gasteiger partial charge in [0.25, 0.3) is 0 Å². The van der Waals surface area contributed by atoms with Gasteiger partial charge in [0, 0.05) is 12.5 Å². The topological polar surface area (TPSA) is 23.5 Å². The molecule has 0 amide bonds. The molecule has 0 bridgehead atoms. The van der Waals surface area contributed by atoms with E-state index >= 15 is 0 Å². The Hall–Kier alpha value is -0.0800. The lowest BCUT2D eigenvalue weighted by molar-refractivity contribution is -0.0110. The first-order valence-electron chi connectivity index (χ1n) is 5.14. The van der Waals surface area contributed by atoms with Crippen LogP contribution in [0.25, 0.3) is 0 Å². The Morgan fingerprint density at radius 1 is 1.25 bits per heavy atom. The van der Waals surface area contributed by atoms with Gasteiger partial charge in [-0.05, 0) is 38.8 Å². The second-order valence-electron chi connectivity index (χ2n) is 4.47. The van der Waals surface area contributed by atoms with E-state index in [1.165, 1.54) is 25.8 Å². The SMILES string of the molecule is CN1CC[C@H]2CCC[C@H](O)[C@@H]2C1. The first kappa shape index (κ1) is 8.52. The summed E-state index contributed by atoms with van der Waals surface area (Å²) in [5, 5.41) is 9.80. The maximum absolute atomic E-state index is 9.80. The van der Waals surface area contributed by atoms with E-state index in [1.807, 2.05) is 0 Å². The lowest BCUT2D eigenvalue weighted by Crippen LogP contribution is -2.45. The van der Waals surface area contributed by atoms with Gasteiger partial charge >= 0.3 is 0 Å². The van der Waals surface area contributed by atoms with Gasteiger partial charge in [-0.3, -0.25) is 0 Å². The lowest BCUT2D eigenvalue weighted by Gasteiger charge is -2.42. The molecule has 1 saturated carbocycles. The molecular formula is C10H19NO. The van der Waals surface area contributed by atoms with Gasteiger partial charge in [-0.1, -0.05) is 6.42 Å². The molecule has 1 heterocycles. The largest absolute Gasteiger partial charge is 0.393 e. The molecular weight excluding hydrogens is 150 g/mol. The van der Waals surface area contributed by atoms with Crippen LogP contribution >= 0.6 is 0 Å². The van der Waals surface area contributed by atoms with Crippen molar-refractivity contribution in [2.24, 2.45) is 11.8 Å². The molecule has 1 aliphatic carbocycles. The third kappa shape index (κ3) is 1.50. The van der Waals surface area contributed by atoms with E-state index in [1.54, 1.807) is 0 Å². The monoisotopic (exact) mass is 169 g/mol. The maximum Gasteiger partial charge on any atom is 0.0583 e. The summed E-state index contributed by atoms with van der Waals surface area (Å²) >= 11 is 0. The van der Waals surface area contributed by atoms with Crippen molar-refractivity contribution in [2.45, 2.75) is 31.8 Å². The van der Waals surface area contributed by atoms with Gasteiger partial charge in [-0.15, -0.1) is 0 Å². The van der Waals surface area contributed by atoms with E-state index in [0.29, 0.717) is 5.92 Å². The summed E-state index contributed by atoms with van der Waals surface area (Å²) in [6.07, 6.45) is 4.93. The molecule has 3 atom stereocenters. The number of rotatable bonds is 0. The normalized spacial score (nSPS) is 44.0. The van der Waals surface area contributed by atoms with Crippen molar-refractivity contribution in [1.82, 2.24) is 4.90 Å². The van der Waals surface area contributed by atoms with Crippen LogP contribution in [0.4, 0.5) is 0 Å². The first-order chi connectivity index (χ1) is 5.77. The fraction of sp³-hybridized carbons (Fsp3) is 1.00. The third-order valence-corrected chi connectivity index (χ3v) is 3.58. The molecule has 2 fully saturated rings. The van der Waals surface area contributed by atoms with Crippen LogP contribution in [0.3, 0.4) is 0 Å². The van der Waals surface area contributed by atoms with Crippen molar-refractivity contribution in [3.63, 3.8) is 0 Å². The van der Waals surface area contributed by atoms with Crippen molar-refractivity contribution in [3.8, 4) is 0 Å². The molecule has 0 radical (unpaired) electrons. The number of likely N-dealkylation sites (tertiary alicyclic amines) is 1. The molecule has 1 N–H and O–H groups in total. The van der Waals surface area contributed by atoms with E-state index in [0.717, 1.165) is 18.9 Å². The minimum absolute atomic E-state index is 0.00787. The minimum Gasteiger partial charge on any atom is -0.393 e. The predicted molar refractivity (Wildman–Crippen MR) is 49.0 cm³/mol. The fourth-order valence-electron chi connectivity index (χ4n) is 2.80. The Morgan fingerprint density at radius 2 is 2.08 bits per heavy atom. The zero-order chi connectivity index (χ0) is 8.55. The van der Waals surface area contributed by atoms with Crippen LogP contribution in [-0.2, 0) is 0 Å². The van der Waals surface area contributed by atoms with Gasteiger partial charge in [0.15, 0.2) is 0 Å². The standard InChI is InChI=1S/C10H19NO/c1-11-6-5-8-3-2-4-10(12)9(8)7-11/h8-10,12H,2-7H2,1H3/t8-,9-,10+/m1/s1. The molecule has 2 nitrogen and oxygen atoms in total. The van der Waals surface area contributed by atoms with Crippen LogP contribution in [0.5, 0.6) is 0 Å². The van der Waals surface area contributed by atoms with Crippen LogP contribution in [0.1, 0.15) is 25.7 Å². The Morgan fingerprint density at radius 3 is 2.92 bits per heavy atom. The highest BCUT2D eigenvalue weighted by atomic mass is 16.3. The Labute approximate surface area is 74.6 Å². The van der Waals surface area contributed by atoms with E-state index in [2.05, 4.69) is 11.9 Å². The molecule has 0 unspecified atom stereocenters. The van der Waals surface area contributed by atoms with Crippen molar-refractivity contribution in [3.05, 3.63) is 0 Å².